The van der Waals surface area contributed by atoms with Crippen molar-refractivity contribution >= 4 is 0 Å². The lowest BCUT2D eigenvalue weighted by atomic mass is 10.2. The summed E-state index contributed by atoms with van der Waals surface area (Å²) in [4.78, 5) is 12.0. The summed E-state index contributed by atoms with van der Waals surface area (Å²) >= 11 is 0. The zero-order valence-electron chi connectivity index (χ0n) is 12.3. The molecule has 2 aromatic rings. The number of nitrogens with zero attached hydrogens (tertiary/aromatic N) is 1. The molecule has 2 rings (SSSR count). The zero-order valence-corrected chi connectivity index (χ0v) is 12.3. The Morgan fingerprint density at radius 3 is 2.71 bits per heavy atom. The normalized spacial score (nSPS) is 10.5. The fourth-order valence-electron chi connectivity index (χ4n) is 2.08. The Balaban J connectivity index is 2.02. The lowest BCUT2D eigenvalue weighted by Crippen LogP contribution is -2.19. The molecule has 4 heteroatoms. The maximum atomic E-state index is 12.0. The number of ether oxygens (including phenoxy) is 1. The van der Waals surface area contributed by atoms with Gasteiger partial charge in [-0.15, -0.1) is 0 Å². The number of phenolic OH excluding ortho intramolecular Hbond substituents is 1. The maximum Gasteiger partial charge on any atom is 0.254 e. The molecule has 1 aromatic carbocycles. The minimum Gasteiger partial charge on any atom is -0.508 e. The van der Waals surface area contributed by atoms with Gasteiger partial charge in [0, 0.05) is 17.8 Å². The van der Waals surface area contributed by atoms with E-state index in [0.29, 0.717) is 18.9 Å². The molecule has 4 nitrogen and oxygen atoms in total. The Bertz CT molecular complexity index is 634. The van der Waals surface area contributed by atoms with Gasteiger partial charge in [-0.25, -0.2) is 0 Å². The van der Waals surface area contributed by atoms with E-state index in [0.717, 1.165) is 24.8 Å². The van der Waals surface area contributed by atoms with E-state index in [1.54, 1.807) is 35.0 Å². The summed E-state index contributed by atoms with van der Waals surface area (Å²) in [6, 6.07) is 10.3. The Morgan fingerprint density at radius 2 is 2.00 bits per heavy atom. The zero-order chi connectivity index (χ0) is 15.1. The summed E-state index contributed by atoms with van der Waals surface area (Å²) in [6.07, 6.45) is 4.97. The standard InChI is InChI=1S/C17H21NO3/c1-2-3-6-11-21-15-9-10-18(17(20)12-15)13-14-7-4-5-8-16(14)19/h4-5,7-10,12,19H,2-3,6,11,13H2,1H3. The Morgan fingerprint density at radius 1 is 1.19 bits per heavy atom. The summed E-state index contributed by atoms with van der Waals surface area (Å²) in [7, 11) is 0. The molecule has 0 unspecified atom stereocenters. The number of hydrogen-bond donors (Lipinski definition) is 1. The van der Waals surface area contributed by atoms with E-state index >= 15 is 0 Å². The van der Waals surface area contributed by atoms with Crippen LogP contribution in [0.25, 0.3) is 0 Å². The smallest absolute Gasteiger partial charge is 0.254 e. The van der Waals surface area contributed by atoms with Gasteiger partial charge in [0.2, 0.25) is 0 Å². The molecule has 0 spiro atoms. The molecule has 1 N–H and O–H groups in total. The highest BCUT2D eigenvalue weighted by atomic mass is 16.5. The summed E-state index contributed by atoms with van der Waals surface area (Å²) in [5.74, 6) is 0.800. The van der Waals surface area contributed by atoms with Gasteiger partial charge in [-0.1, -0.05) is 38.0 Å². The van der Waals surface area contributed by atoms with Crippen LogP contribution in [0, 0.1) is 0 Å². The van der Waals surface area contributed by atoms with Gasteiger partial charge >= 0.3 is 0 Å². The van der Waals surface area contributed by atoms with E-state index in [-0.39, 0.29) is 11.3 Å². The second-order valence-electron chi connectivity index (χ2n) is 5.01. The maximum absolute atomic E-state index is 12.0. The van der Waals surface area contributed by atoms with Crippen LogP contribution in [-0.4, -0.2) is 16.3 Å². The van der Waals surface area contributed by atoms with Crippen molar-refractivity contribution in [1.82, 2.24) is 4.57 Å². The summed E-state index contributed by atoms with van der Waals surface area (Å²) < 4.78 is 7.10. The van der Waals surface area contributed by atoms with Crippen LogP contribution >= 0.6 is 0 Å². The highest BCUT2D eigenvalue weighted by molar-refractivity contribution is 5.32. The van der Waals surface area contributed by atoms with Crippen LogP contribution in [0.5, 0.6) is 11.5 Å². The Labute approximate surface area is 124 Å². The monoisotopic (exact) mass is 287 g/mol. The predicted molar refractivity (Wildman–Crippen MR) is 82.9 cm³/mol. The second kappa shape index (κ2) is 7.53. The first-order valence-corrected chi connectivity index (χ1v) is 7.31. The third-order valence-electron chi connectivity index (χ3n) is 3.32. The summed E-state index contributed by atoms with van der Waals surface area (Å²) in [6.45, 7) is 3.12. The molecule has 0 saturated heterocycles. The quantitative estimate of drug-likeness (QED) is 0.796. The highest BCUT2D eigenvalue weighted by Gasteiger charge is 2.04. The molecule has 0 atom stereocenters. The first kappa shape index (κ1) is 15.2. The van der Waals surface area contributed by atoms with Crippen molar-refractivity contribution in [2.75, 3.05) is 6.61 Å². The SMILES string of the molecule is CCCCCOc1ccn(Cc2ccccc2O)c(=O)c1. The average molecular weight is 287 g/mol. The summed E-state index contributed by atoms with van der Waals surface area (Å²) in [5.41, 5.74) is 0.586. The molecule has 0 aliphatic heterocycles. The van der Waals surface area contributed by atoms with Crippen LogP contribution in [0.4, 0.5) is 0 Å². The van der Waals surface area contributed by atoms with Gasteiger partial charge in [-0.2, -0.15) is 0 Å². The molecule has 0 amide bonds. The van der Waals surface area contributed by atoms with E-state index in [1.165, 1.54) is 6.07 Å². The number of benzene rings is 1. The number of hydrogen-bond acceptors (Lipinski definition) is 3. The molecule has 112 valence electrons. The molecule has 1 aromatic heterocycles. The van der Waals surface area contributed by atoms with Crippen molar-refractivity contribution in [3.05, 3.63) is 58.5 Å². The van der Waals surface area contributed by atoms with Gasteiger partial charge in [0.05, 0.1) is 13.2 Å². The van der Waals surface area contributed by atoms with Gasteiger partial charge < -0.3 is 14.4 Å². The van der Waals surface area contributed by atoms with E-state index in [2.05, 4.69) is 6.92 Å². The van der Waals surface area contributed by atoms with E-state index in [1.807, 2.05) is 6.07 Å². The molecular weight excluding hydrogens is 266 g/mol. The first-order chi connectivity index (χ1) is 10.2. The number of aromatic nitrogens is 1. The molecule has 0 bridgehead atoms. The molecule has 0 aliphatic carbocycles. The third kappa shape index (κ3) is 4.38. The van der Waals surface area contributed by atoms with Crippen LogP contribution in [-0.2, 0) is 6.54 Å². The third-order valence-corrected chi connectivity index (χ3v) is 3.32. The van der Waals surface area contributed by atoms with Crippen molar-refractivity contribution < 1.29 is 9.84 Å². The van der Waals surface area contributed by atoms with Crippen molar-refractivity contribution in [2.45, 2.75) is 32.7 Å². The van der Waals surface area contributed by atoms with Crippen molar-refractivity contribution in [2.24, 2.45) is 0 Å². The fraction of sp³-hybridized carbons (Fsp3) is 0.353. The van der Waals surface area contributed by atoms with Crippen molar-refractivity contribution in [1.29, 1.82) is 0 Å². The highest BCUT2D eigenvalue weighted by Crippen LogP contribution is 2.16. The topological polar surface area (TPSA) is 51.5 Å². The summed E-state index contributed by atoms with van der Waals surface area (Å²) in [5, 5.41) is 9.74. The van der Waals surface area contributed by atoms with Gasteiger partial charge in [0.15, 0.2) is 0 Å². The number of rotatable bonds is 7. The fourth-order valence-corrected chi connectivity index (χ4v) is 2.08. The number of pyridine rings is 1. The first-order valence-electron chi connectivity index (χ1n) is 7.31. The van der Waals surface area contributed by atoms with Crippen LogP contribution < -0.4 is 10.3 Å². The largest absolute Gasteiger partial charge is 0.508 e. The van der Waals surface area contributed by atoms with Gasteiger partial charge in [-0.05, 0) is 18.6 Å². The molecule has 0 saturated carbocycles. The number of aromatic hydroxyl groups is 1. The van der Waals surface area contributed by atoms with Gasteiger partial charge in [0.1, 0.15) is 11.5 Å². The number of unbranched alkanes of at least 4 members (excludes halogenated alkanes) is 2. The Kier molecular flexibility index (Phi) is 5.43. The lowest BCUT2D eigenvalue weighted by molar-refractivity contribution is 0.305. The van der Waals surface area contributed by atoms with Gasteiger partial charge in [0.25, 0.3) is 5.56 Å². The molecular formula is C17H21NO3. The second-order valence-corrected chi connectivity index (χ2v) is 5.01. The van der Waals surface area contributed by atoms with Gasteiger partial charge in [-0.3, -0.25) is 4.79 Å². The minimum atomic E-state index is -0.133. The van der Waals surface area contributed by atoms with Crippen molar-refractivity contribution in [3.8, 4) is 11.5 Å². The molecule has 0 aliphatic rings. The van der Waals surface area contributed by atoms with Crippen LogP contribution in [0.1, 0.15) is 31.7 Å². The van der Waals surface area contributed by atoms with Crippen LogP contribution in [0.2, 0.25) is 0 Å². The lowest BCUT2D eigenvalue weighted by Gasteiger charge is -2.09. The number of phenols is 1. The molecule has 21 heavy (non-hydrogen) atoms. The van der Waals surface area contributed by atoms with E-state index < -0.39 is 0 Å². The van der Waals surface area contributed by atoms with E-state index in [9.17, 15) is 9.90 Å². The average Bonchev–Trinajstić information content (AvgIpc) is 2.48. The predicted octanol–water partition coefficient (Wildman–Crippen LogP) is 3.17. The minimum absolute atomic E-state index is 0.133. The van der Waals surface area contributed by atoms with E-state index in [4.69, 9.17) is 4.74 Å². The van der Waals surface area contributed by atoms with Crippen molar-refractivity contribution in [3.63, 3.8) is 0 Å². The van der Waals surface area contributed by atoms with Crippen LogP contribution in [0.3, 0.4) is 0 Å². The number of para-hydroxylation sites is 1. The molecule has 0 fully saturated rings. The Hall–Kier alpha value is -2.23. The van der Waals surface area contributed by atoms with Crippen LogP contribution in [0.15, 0.2) is 47.4 Å². The molecule has 1 heterocycles. The molecule has 0 radical (unpaired) electrons.